The van der Waals surface area contributed by atoms with Crippen LogP contribution >= 0.6 is 0 Å². The Morgan fingerprint density at radius 1 is 1.29 bits per heavy atom. The molecule has 0 aromatic carbocycles. The van der Waals surface area contributed by atoms with Crippen LogP contribution in [-0.2, 0) is 0 Å². The third kappa shape index (κ3) is 3.87. The van der Waals surface area contributed by atoms with Crippen LogP contribution in [0.1, 0.15) is 38.5 Å². The van der Waals surface area contributed by atoms with E-state index >= 15 is 0 Å². The number of nitrogens with one attached hydrogen (secondary N) is 1. The van der Waals surface area contributed by atoms with E-state index in [0.717, 1.165) is 12.5 Å². The minimum Gasteiger partial charge on any atom is -0.370 e. The summed E-state index contributed by atoms with van der Waals surface area (Å²) in [7, 11) is 4.28. The molecule has 0 radical (unpaired) electrons. The van der Waals surface area contributed by atoms with E-state index in [1.165, 1.54) is 38.5 Å². The van der Waals surface area contributed by atoms with E-state index in [9.17, 15) is 0 Å². The lowest BCUT2D eigenvalue weighted by molar-refractivity contribution is 0.271. The van der Waals surface area contributed by atoms with Gasteiger partial charge in [-0.25, -0.2) is 0 Å². The van der Waals surface area contributed by atoms with Crippen LogP contribution in [0.5, 0.6) is 0 Å². The summed E-state index contributed by atoms with van der Waals surface area (Å²) in [4.78, 5) is 6.79. The smallest absolute Gasteiger partial charge is 0.188 e. The number of hydrogen-bond acceptors (Lipinski definition) is 2. The number of hydrogen-bond donors (Lipinski definition) is 2. The maximum absolute atomic E-state index is 5.94. The van der Waals surface area contributed by atoms with Crippen molar-refractivity contribution in [2.24, 2.45) is 16.6 Å². The highest BCUT2D eigenvalue weighted by Crippen LogP contribution is 2.34. The average Bonchev–Trinajstić information content (AvgIpc) is 2.96. The van der Waals surface area contributed by atoms with Crippen LogP contribution in [0.3, 0.4) is 0 Å². The zero-order chi connectivity index (χ0) is 12.3. The lowest BCUT2D eigenvalue weighted by Gasteiger charge is -2.22. The van der Waals surface area contributed by atoms with Crippen LogP contribution < -0.4 is 11.1 Å². The molecule has 2 aliphatic carbocycles. The van der Waals surface area contributed by atoms with E-state index < -0.39 is 0 Å². The summed E-state index contributed by atoms with van der Waals surface area (Å²) in [6.07, 6.45) is 7.86. The molecule has 0 aromatic heterocycles. The zero-order valence-electron chi connectivity index (χ0n) is 11.2. The van der Waals surface area contributed by atoms with E-state index in [0.29, 0.717) is 18.0 Å². The van der Waals surface area contributed by atoms with Crippen LogP contribution in [-0.4, -0.2) is 43.6 Å². The van der Waals surface area contributed by atoms with Gasteiger partial charge >= 0.3 is 0 Å². The van der Waals surface area contributed by atoms with Gasteiger partial charge in [0.05, 0.1) is 6.54 Å². The normalized spacial score (nSPS) is 24.3. The second-order valence-corrected chi connectivity index (χ2v) is 5.72. The van der Waals surface area contributed by atoms with Gasteiger partial charge in [0.15, 0.2) is 5.96 Å². The van der Waals surface area contributed by atoms with E-state index in [2.05, 4.69) is 29.3 Å². The molecule has 2 rings (SSSR count). The van der Waals surface area contributed by atoms with E-state index in [1.54, 1.807) is 0 Å². The summed E-state index contributed by atoms with van der Waals surface area (Å²) >= 11 is 0. The lowest BCUT2D eigenvalue weighted by Crippen LogP contribution is -2.40. The zero-order valence-corrected chi connectivity index (χ0v) is 11.2. The monoisotopic (exact) mass is 238 g/mol. The molecule has 0 heterocycles. The number of likely N-dealkylation sites (N-methyl/N-ethyl adjacent to an activating group) is 1. The molecule has 0 bridgehead atoms. The molecule has 3 N–H and O–H groups in total. The second kappa shape index (κ2) is 5.71. The highest BCUT2D eigenvalue weighted by Gasteiger charge is 2.32. The van der Waals surface area contributed by atoms with Gasteiger partial charge in [-0.2, -0.15) is 0 Å². The van der Waals surface area contributed by atoms with Crippen molar-refractivity contribution in [2.45, 2.75) is 50.6 Å². The first-order chi connectivity index (χ1) is 8.16. The number of nitrogens with zero attached hydrogens (tertiary/aromatic N) is 2. The molecule has 1 atom stereocenters. The molecule has 4 nitrogen and oxygen atoms in total. The van der Waals surface area contributed by atoms with Crippen molar-refractivity contribution in [3.8, 4) is 0 Å². The number of guanidine groups is 1. The van der Waals surface area contributed by atoms with Gasteiger partial charge < -0.3 is 16.0 Å². The summed E-state index contributed by atoms with van der Waals surface area (Å²) in [5.74, 6) is 1.48. The summed E-state index contributed by atoms with van der Waals surface area (Å²) in [5, 5.41) is 3.34. The van der Waals surface area contributed by atoms with Crippen molar-refractivity contribution < 1.29 is 0 Å². The molecule has 0 aromatic rings. The maximum Gasteiger partial charge on any atom is 0.188 e. The molecule has 1 unspecified atom stereocenters. The lowest BCUT2D eigenvalue weighted by atomic mass is 10.2. The van der Waals surface area contributed by atoms with Crippen LogP contribution in [0, 0.1) is 5.92 Å². The Balaban J connectivity index is 1.76. The molecule has 2 aliphatic rings. The predicted octanol–water partition coefficient (Wildman–Crippen LogP) is 1.17. The standard InChI is InChI=1S/C13H26N4/c1-17(2)12(10-7-8-10)9-15-13(14)16-11-5-3-4-6-11/h10-12H,3-9H2,1-2H3,(H3,14,15,16). The van der Waals surface area contributed by atoms with Gasteiger partial charge in [0.25, 0.3) is 0 Å². The Bertz CT molecular complexity index is 263. The van der Waals surface area contributed by atoms with Gasteiger partial charge in [0, 0.05) is 12.1 Å². The molecule has 4 heteroatoms. The highest BCUT2D eigenvalue weighted by molar-refractivity contribution is 5.78. The van der Waals surface area contributed by atoms with Gasteiger partial charge in [-0.15, -0.1) is 0 Å². The molecule has 2 saturated carbocycles. The molecule has 0 aliphatic heterocycles. The SMILES string of the molecule is CN(C)C(CN=C(N)NC1CCCC1)C1CC1. The fraction of sp³-hybridized carbons (Fsp3) is 0.923. The quantitative estimate of drug-likeness (QED) is 0.558. The summed E-state index contributed by atoms with van der Waals surface area (Å²) in [6.45, 7) is 0.837. The maximum atomic E-state index is 5.94. The van der Waals surface area contributed by atoms with E-state index in [4.69, 9.17) is 5.73 Å². The fourth-order valence-electron chi connectivity index (χ4n) is 2.73. The molecule has 17 heavy (non-hydrogen) atoms. The Morgan fingerprint density at radius 2 is 1.94 bits per heavy atom. The fourth-order valence-corrected chi connectivity index (χ4v) is 2.73. The van der Waals surface area contributed by atoms with Gasteiger partial charge in [-0.1, -0.05) is 12.8 Å². The third-order valence-corrected chi connectivity index (χ3v) is 3.99. The first kappa shape index (κ1) is 12.7. The number of nitrogens with two attached hydrogens (primary N) is 1. The van der Waals surface area contributed by atoms with Gasteiger partial charge in [-0.05, 0) is 45.7 Å². The molecule has 0 spiro atoms. The molecule has 0 amide bonds. The molecule has 98 valence electrons. The minimum atomic E-state index is 0.567. The van der Waals surface area contributed by atoms with Gasteiger partial charge in [0.1, 0.15) is 0 Å². The van der Waals surface area contributed by atoms with Crippen molar-refractivity contribution in [3.63, 3.8) is 0 Å². The number of aliphatic imine (C=N–C) groups is 1. The van der Waals surface area contributed by atoms with Gasteiger partial charge in [-0.3, -0.25) is 4.99 Å². The molecular weight excluding hydrogens is 212 g/mol. The molecule has 2 fully saturated rings. The largest absolute Gasteiger partial charge is 0.370 e. The van der Waals surface area contributed by atoms with Gasteiger partial charge in [0.2, 0.25) is 0 Å². The summed E-state index contributed by atoms with van der Waals surface area (Å²) in [6, 6.07) is 1.14. The first-order valence-corrected chi connectivity index (χ1v) is 6.89. The van der Waals surface area contributed by atoms with Crippen molar-refractivity contribution in [3.05, 3.63) is 0 Å². The Morgan fingerprint density at radius 3 is 2.47 bits per heavy atom. The molecule has 0 saturated heterocycles. The van der Waals surface area contributed by atoms with Crippen LogP contribution in [0.25, 0.3) is 0 Å². The Kier molecular flexibility index (Phi) is 4.26. The van der Waals surface area contributed by atoms with Crippen molar-refractivity contribution in [2.75, 3.05) is 20.6 Å². The van der Waals surface area contributed by atoms with Crippen LogP contribution in [0.2, 0.25) is 0 Å². The van der Waals surface area contributed by atoms with Crippen molar-refractivity contribution in [1.82, 2.24) is 10.2 Å². The summed E-state index contributed by atoms with van der Waals surface area (Å²) in [5.41, 5.74) is 5.94. The Labute approximate surface area is 105 Å². The van der Waals surface area contributed by atoms with E-state index in [-0.39, 0.29) is 0 Å². The van der Waals surface area contributed by atoms with Crippen LogP contribution in [0.15, 0.2) is 4.99 Å². The molecular formula is C13H26N4. The van der Waals surface area contributed by atoms with Crippen molar-refractivity contribution >= 4 is 5.96 Å². The van der Waals surface area contributed by atoms with E-state index in [1.807, 2.05) is 0 Å². The second-order valence-electron chi connectivity index (χ2n) is 5.72. The van der Waals surface area contributed by atoms with Crippen molar-refractivity contribution in [1.29, 1.82) is 0 Å². The third-order valence-electron chi connectivity index (χ3n) is 3.99. The average molecular weight is 238 g/mol. The Hall–Kier alpha value is -0.770. The highest BCUT2D eigenvalue weighted by atomic mass is 15.2. The van der Waals surface area contributed by atoms with Crippen LogP contribution in [0.4, 0.5) is 0 Å². The first-order valence-electron chi connectivity index (χ1n) is 6.89. The predicted molar refractivity (Wildman–Crippen MR) is 72.1 cm³/mol. The minimum absolute atomic E-state index is 0.567. The topological polar surface area (TPSA) is 53.6 Å². The summed E-state index contributed by atoms with van der Waals surface area (Å²) < 4.78 is 0. The number of rotatable bonds is 5.